The predicted molar refractivity (Wildman–Crippen MR) is 141 cm³/mol. The SMILES string of the molecule is CC(C)n1cnc2c(-c3ccc(COCCCCCCCC(=O)NO)cc3)nc(N3CCOCC3)nc21. The highest BCUT2D eigenvalue weighted by molar-refractivity contribution is 5.88. The molecular formula is C27H38N6O4. The van der Waals surface area contributed by atoms with Crippen molar-refractivity contribution in [1.29, 1.82) is 0 Å². The maximum atomic E-state index is 11.0. The third-order valence-electron chi connectivity index (χ3n) is 6.57. The molecule has 1 aliphatic rings. The van der Waals surface area contributed by atoms with Crippen molar-refractivity contribution in [3.63, 3.8) is 0 Å². The highest BCUT2D eigenvalue weighted by Gasteiger charge is 2.20. The van der Waals surface area contributed by atoms with Gasteiger partial charge in [0.2, 0.25) is 11.9 Å². The molecule has 0 spiro atoms. The first-order chi connectivity index (χ1) is 18.1. The van der Waals surface area contributed by atoms with Crippen molar-refractivity contribution in [3.05, 3.63) is 36.2 Å². The number of aromatic nitrogens is 4. The number of benzene rings is 1. The van der Waals surface area contributed by atoms with Crippen LogP contribution in [0.5, 0.6) is 0 Å². The average molecular weight is 511 g/mol. The Kier molecular flexibility index (Phi) is 9.81. The zero-order chi connectivity index (χ0) is 26.0. The van der Waals surface area contributed by atoms with Gasteiger partial charge in [-0.15, -0.1) is 0 Å². The largest absolute Gasteiger partial charge is 0.378 e. The fourth-order valence-corrected chi connectivity index (χ4v) is 4.41. The van der Waals surface area contributed by atoms with E-state index in [9.17, 15) is 4.79 Å². The molecule has 1 saturated heterocycles. The van der Waals surface area contributed by atoms with Crippen molar-refractivity contribution < 1.29 is 19.5 Å². The molecule has 2 aromatic heterocycles. The number of morpholine rings is 1. The molecule has 0 saturated carbocycles. The number of unbranched alkanes of at least 4 members (excludes halogenated alkanes) is 4. The Balaban J connectivity index is 1.35. The van der Waals surface area contributed by atoms with Gasteiger partial charge < -0.3 is 18.9 Å². The number of hydroxylamine groups is 1. The predicted octanol–water partition coefficient (Wildman–Crippen LogP) is 4.27. The number of nitrogens with zero attached hydrogens (tertiary/aromatic N) is 5. The second-order valence-corrected chi connectivity index (χ2v) is 9.69. The number of fused-ring (bicyclic) bond motifs is 1. The van der Waals surface area contributed by atoms with Gasteiger partial charge in [-0.05, 0) is 32.3 Å². The van der Waals surface area contributed by atoms with Crippen LogP contribution in [-0.4, -0.2) is 63.5 Å². The van der Waals surface area contributed by atoms with E-state index < -0.39 is 0 Å². The van der Waals surface area contributed by atoms with E-state index >= 15 is 0 Å². The summed E-state index contributed by atoms with van der Waals surface area (Å²) in [5, 5.41) is 8.49. The van der Waals surface area contributed by atoms with Gasteiger partial charge in [0, 0.05) is 37.7 Å². The van der Waals surface area contributed by atoms with Gasteiger partial charge in [0.1, 0.15) is 11.2 Å². The van der Waals surface area contributed by atoms with Crippen LogP contribution in [0.4, 0.5) is 5.95 Å². The van der Waals surface area contributed by atoms with Crippen molar-refractivity contribution >= 4 is 23.0 Å². The van der Waals surface area contributed by atoms with Crippen molar-refractivity contribution in [2.45, 2.75) is 65.0 Å². The summed E-state index contributed by atoms with van der Waals surface area (Å²) in [5.74, 6) is 0.401. The molecule has 0 unspecified atom stereocenters. The zero-order valence-corrected chi connectivity index (χ0v) is 21.9. The van der Waals surface area contributed by atoms with E-state index in [1.54, 1.807) is 5.48 Å². The van der Waals surface area contributed by atoms with E-state index in [1.165, 1.54) is 0 Å². The third-order valence-corrected chi connectivity index (χ3v) is 6.57. The Morgan fingerprint density at radius 2 is 1.81 bits per heavy atom. The normalized spacial score (nSPS) is 14.0. The molecule has 1 amide bonds. The molecule has 10 nitrogen and oxygen atoms in total. The molecule has 3 heterocycles. The maximum absolute atomic E-state index is 11.0. The summed E-state index contributed by atoms with van der Waals surface area (Å²) in [6.45, 7) is 8.45. The average Bonchev–Trinajstić information content (AvgIpc) is 3.37. The summed E-state index contributed by atoms with van der Waals surface area (Å²) >= 11 is 0. The molecule has 0 bridgehead atoms. The van der Waals surface area contributed by atoms with Gasteiger partial charge in [-0.3, -0.25) is 10.0 Å². The molecule has 3 aromatic rings. The zero-order valence-electron chi connectivity index (χ0n) is 21.9. The lowest BCUT2D eigenvalue weighted by atomic mass is 10.1. The summed E-state index contributed by atoms with van der Waals surface area (Å²) in [6, 6.07) is 8.59. The molecule has 37 heavy (non-hydrogen) atoms. The van der Waals surface area contributed by atoms with Crippen LogP contribution < -0.4 is 10.4 Å². The Labute approximate surface area is 218 Å². The smallest absolute Gasteiger partial charge is 0.243 e. The number of imidazole rings is 1. The summed E-state index contributed by atoms with van der Waals surface area (Å²) in [5.41, 5.74) is 6.30. The summed E-state index contributed by atoms with van der Waals surface area (Å²) in [4.78, 5) is 27.7. The van der Waals surface area contributed by atoms with Gasteiger partial charge in [0.25, 0.3) is 0 Å². The van der Waals surface area contributed by atoms with Gasteiger partial charge >= 0.3 is 0 Å². The van der Waals surface area contributed by atoms with Crippen molar-refractivity contribution in [1.82, 2.24) is 25.0 Å². The standard InChI is InChI=1S/C27H38N6O4/c1-20(2)33-19-28-25-24(29-27(30-26(25)33)32-13-16-36-17-14-32)22-11-9-21(10-12-22)18-37-15-7-5-3-4-6-8-23(34)31-35/h9-12,19-20,35H,3-8,13-18H2,1-2H3,(H,31,34). The molecule has 0 radical (unpaired) electrons. The van der Waals surface area contributed by atoms with Gasteiger partial charge in [0.05, 0.1) is 26.1 Å². The van der Waals surface area contributed by atoms with Gasteiger partial charge in [-0.25, -0.2) is 15.4 Å². The number of hydrogen-bond acceptors (Lipinski definition) is 8. The molecule has 2 N–H and O–H groups in total. The Hall–Kier alpha value is -3.08. The number of carbonyl (C=O) groups is 1. The topological polar surface area (TPSA) is 115 Å². The van der Waals surface area contributed by atoms with Crippen molar-refractivity contribution in [3.8, 4) is 11.3 Å². The molecule has 0 atom stereocenters. The fourth-order valence-electron chi connectivity index (χ4n) is 4.41. The van der Waals surface area contributed by atoms with Crippen LogP contribution in [0, 0.1) is 0 Å². The van der Waals surface area contributed by atoms with Crippen LogP contribution >= 0.6 is 0 Å². The lowest BCUT2D eigenvalue weighted by Crippen LogP contribution is -2.37. The van der Waals surface area contributed by atoms with E-state index in [0.29, 0.717) is 32.8 Å². The quantitative estimate of drug-likeness (QED) is 0.199. The van der Waals surface area contributed by atoms with E-state index in [2.05, 4.69) is 52.6 Å². The molecule has 200 valence electrons. The van der Waals surface area contributed by atoms with Crippen LogP contribution in [-0.2, 0) is 20.9 Å². The number of carbonyl (C=O) groups excluding carboxylic acids is 1. The van der Waals surface area contributed by atoms with Crippen LogP contribution in [0.15, 0.2) is 30.6 Å². The lowest BCUT2D eigenvalue weighted by Gasteiger charge is -2.27. The van der Waals surface area contributed by atoms with Gasteiger partial charge in [-0.2, -0.15) is 4.98 Å². The lowest BCUT2D eigenvalue weighted by molar-refractivity contribution is -0.129. The van der Waals surface area contributed by atoms with Gasteiger partial charge in [-0.1, -0.05) is 43.5 Å². The van der Waals surface area contributed by atoms with Crippen molar-refractivity contribution in [2.75, 3.05) is 37.8 Å². The Bertz CT molecular complexity index is 1140. The maximum Gasteiger partial charge on any atom is 0.243 e. The first-order valence-corrected chi connectivity index (χ1v) is 13.2. The minimum absolute atomic E-state index is 0.248. The van der Waals surface area contributed by atoms with E-state index in [0.717, 1.165) is 79.1 Å². The monoisotopic (exact) mass is 510 g/mol. The van der Waals surface area contributed by atoms with Crippen LogP contribution in [0.3, 0.4) is 0 Å². The van der Waals surface area contributed by atoms with Crippen molar-refractivity contribution in [2.24, 2.45) is 0 Å². The number of hydrogen-bond donors (Lipinski definition) is 2. The van der Waals surface area contributed by atoms with Gasteiger partial charge in [0.15, 0.2) is 5.65 Å². The molecule has 1 fully saturated rings. The van der Waals surface area contributed by atoms with E-state index in [4.69, 9.17) is 24.6 Å². The Morgan fingerprint density at radius 1 is 1.08 bits per heavy atom. The van der Waals surface area contributed by atoms with Crippen LogP contribution in [0.1, 0.15) is 64.0 Å². The summed E-state index contributed by atoms with van der Waals surface area (Å²) < 4.78 is 13.5. The summed E-state index contributed by atoms with van der Waals surface area (Å²) in [6.07, 6.45) is 7.12. The number of nitrogens with one attached hydrogen (secondary N) is 1. The second-order valence-electron chi connectivity index (χ2n) is 9.69. The third kappa shape index (κ3) is 7.24. The molecular weight excluding hydrogens is 472 g/mol. The van der Waals surface area contributed by atoms with E-state index in [-0.39, 0.29) is 11.9 Å². The first-order valence-electron chi connectivity index (χ1n) is 13.2. The molecule has 0 aliphatic carbocycles. The number of anilines is 1. The number of amides is 1. The highest BCUT2D eigenvalue weighted by atomic mass is 16.5. The molecule has 1 aromatic carbocycles. The van der Waals surface area contributed by atoms with Crippen LogP contribution in [0.25, 0.3) is 22.4 Å². The highest BCUT2D eigenvalue weighted by Crippen LogP contribution is 2.29. The number of rotatable bonds is 13. The first kappa shape index (κ1) is 27.0. The van der Waals surface area contributed by atoms with Crippen LogP contribution in [0.2, 0.25) is 0 Å². The minimum atomic E-state index is -0.318. The summed E-state index contributed by atoms with van der Waals surface area (Å²) in [7, 11) is 0. The second kappa shape index (κ2) is 13.5. The fraction of sp³-hybridized carbons (Fsp3) is 0.556. The molecule has 1 aliphatic heterocycles. The number of ether oxygens (including phenoxy) is 2. The van der Waals surface area contributed by atoms with E-state index in [1.807, 2.05) is 6.33 Å². The molecule has 4 rings (SSSR count). The molecule has 10 heteroatoms. The Morgan fingerprint density at radius 3 is 2.54 bits per heavy atom. The minimum Gasteiger partial charge on any atom is -0.378 e.